The van der Waals surface area contributed by atoms with Gasteiger partial charge in [0.1, 0.15) is 5.54 Å². The maximum atomic E-state index is 12.1. The van der Waals surface area contributed by atoms with Crippen molar-refractivity contribution in [2.45, 2.75) is 38.1 Å². The molecule has 5 heteroatoms. The molecular formula is C12H21N3O2. The Hall–Kier alpha value is -1.10. The lowest BCUT2D eigenvalue weighted by Gasteiger charge is -2.27. The molecule has 1 saturated carbocycles. The van der Waals surface area contributed by atoms with Crippen molar-refractivity contribution in [3.8, 4) is 0 Å². The van der Waals surface area contributed by atoms with Crippen molar-refractivity contribution in [3.05, 3.63) is 0 Å². The fraction of sp³-hybridized carbons (Fsp3) is 0.833. The van der Waals surface area contributed by atoms with Crippen LogP contribution in [0, 0.1) is 5.92 Å². The minimum Gasteiger partial charge on any atom is -0.383 e. The summed E-state index contributed by atoms with van der Waals surface area (Å²) in [5.41, 5.74) is -0.388. The number of hydrogen-bond acceptors (Lipinski definition) is 3. The van der Waals surface area contributed by atoms with E-state index in [1.165, 1.54) is 0 Å². The normalized spacial score (nSPS) is 34.4. The van der Waals surface area contributed by atoms with Gasteiger partial charge in [-0.05, 0) is 18.8 Å². The Bertz CT molecular complexity index is 330. The van der Waals surface area contributed by atoms with Crippen molar-refractivity contribution < 1.29 is 9.53 Å². The molecule has 0 aromatic rings. The molecule has 2 atom stereocenters. The van der Waals surface area contributed by atoms with Gasteiger partial charge in [-0.15, -0.1) is 0 Å². The van der Waals surface area contributed by atoms with E-state index in [0.29, 0.717) is 25.0 Å². The maximum Gasteiger partial charge on any atom is 0.252 e. The minimum absolute atomic E-state index is 0.0954. The summed E-state index contributed by atoms with van der Waals surface area (Å²) in [4.78, 5) is 16.4. The van der Waals surface area contributed by atoms with Crippen LogP contribution in [0.4, 0.5) is 0 Å². The lowest BCUT2D eigenvalue weighted by molar-refractivity contribution is -0.125. The Morgan fingerprint density at radius 1 is 1.59 bits per heavy atom. The number of carbonyl (C=O) groups is 1. The van der Waals surface area contributed by atoms with Crippen LogP contribution in [0.5, 0.6) is 0 Å². The number of guanidine groups is 1. The monoisotopic (exact) mass is 239 g/mol. The molecule has 5 nitrogen and oxygen atoms in total. The van der Waals surface area contributed by atoms with E-state index in [4.69, 9.17) is 4.74 Å². The highest BCUT2D eigenvalue weighted by Crippen LogP contribution is 2.39. The van der Waals surface area contributed by atoms with Crippen molar-refractivity contribution in [3.63, 3.8) is 0 Å². The van der Waals surface area contributed by atoms with Crippen LogP contribution in [-0.2, 0) is 9.53 Å². The molecule has 0 aromatic carbocycles. The number of hydrogen-bond donors (Lipinski definition) is 2. The number of carbonyl (C=O) groups excluding carboxylic acids is 1. The molecule has 96 valence electrons. The van der Waals surface area contributed by atoms with Gasteiger partial charge in [0.15, 0.2) is 5.96 Å². The summed E-state index contributed by atoms with van der Waals surface area (Å²) in [6.45, 7) is 3.30. The van der Waals surface area contributed by atoms with Crippen LogP contribution >= 0.6 is 0 Å². The average molecular weight is 239 g/mol. The molecule has 1 aliphatic heterocycles. The molecule has 17 heavy (non-hydrogen) atoms. The van der Waals surface area contributed by atoms with E-state index in [2.05, 4.69) is 22.5 Å². The van der Waals surface area contributed by atoms with Crippen LogP contribution in [0.25, 0.3) is 0 Å². The fourth-order valence-electron chi connectivity index (χ4n) is 2.94. The maximum absolute atomic E-state index is 12.1. The molecular weight excluding hydrogens is 218 g/mol. The first-order chi connectivity index (χ1) is 8.23. The predicted octanol–water partition coefficient (Wildman–Crippen LogP) is 0.657. The predicted molar refractivity (Wildman–Crippen MR) is 65.8 cm³/mol. The summed E-state index contributed by atoms with van der Waals surface area (Å²) in [6, 6.07) is 0. The van der Waals surface area contributed by atoms with E-state index in [1.54, 1.807) is 7.11 Å². The van der Waals surface area contributed by atoms with Gasteiger partial charge in [0, 0.05) is 7.11 Å². The smallest absolute Gasteiger partial charge is 0.252 e. The third kappa shape index (κ3) is 2.16. The van der Waals surface area contributed by atoms with Crippen LogP contribution in [0.15, 0.2) is 4.99 Å². The minimum atomic E-state index is -0.388. The molecule has 1 aliphatic carbocycles. The highest BCUT2D eigenvalue weighted by molar-refractivity contribution is 6.09. The van der Waals surface area contributed by atoms with Crippen molar-refractivity contribution in [2.75, 3.05) is 20.3 Å². The number of nitrogens with one attached hydrogen (secondary N) is 2. The summed E-state index contributed by atoms with van der Waals surface area (Å²) in [5, 5.41) is 6.16. The number of rotatable bonds is 4. The zero-order valence-electron chi connectivity index (χ0n) is 10.6. The van der Waals surface area contributed by atoms with Crippen LogP contribution in [0.3, 0.4) is 0 Å². The second-order valence-corrected chi connectivity index (χ2v) is 4.77. The summed E-state index contributed by atoms with van der Waals surface area (Å²) >= 11 is 0. The van der Waals surface area contributed by atoms with Gasteiger partial charge in [-0.2, -0.15) is 0 Å². The SMILES string of the molecule is CCC1CCCC12NC(=NCCOC)NC2=O. The van der Waals surface area contributed by atoms with Gasteiger partial charge in [-0.1, -0.05) is 19.8 Å². The highest BCUT2D eigenvalue weighted by atomic mass is 16.5. The first-order valence-corrected chi connectivity index (χ1v) is 6.36. The molecule has 1 spiro atoms. The molecule has 1 heterocycles. The lowest BCUT2D eigenvalue weighted by Crippen LogP contribution is -2.49. The second-order valence-electron chi connectivity index (χ2n) is 4.77. The lowest BCUT2D eigenvalue weighted by atomic mass is 9.85. The number of methoxy groups -OCH3 is 1. The van der Waals surface area contributed by atoms with Gasteiger partial charge in [-0.25, -0.2) is 0 Å². The molecule has 2 aliphatic rings. The standard InChI is InChI=1S/C12H21N3O2/c1-3-9-5-4-6-12(9)10(16)14-11(15-12)13-7-8-17-2/h9H,3-8H2,1-2H3,(H2,13,14,15,16). The highest BCUT2D eigenvalue weighted by Gasteiger charge is 2.52. The van der Waals surface area contributed by atoms with E-state index in [-0.39, 0.29) is 11.4 Å². The first-order valence-electron chi connectivity index (χ1n) is 6.36. The van der Waals surface area contributed by atoms with Gasteiger partial charge in [0.25, 0.3) is 5.91 Å². The van der Waals surface area contributed by atoms with E-state index in [1.807, 2.05) is 0 Å². The van der Waals surface area contributed by atoms with Crippen LogP contribution in [-0.4, -0.2) is 37.7 Å². The molecule has 0 bridgehead atoms. The Balaban J connectivity index is 2.06. The number of aliphatic imine (C=N–C) groups is 1. The molecule has 0 radical (unpaired) electrons. The van der Waals surface area contributed by atoms with Crippen LogP contribution < -0.4 is 10.6 Å². The Morgan fingerprint density at radius 3 is 3.12 bits per heavy atom. The summed E-state index contributed by atoms with van der Waals surface area (Å²) in [5.74, 6) is 1.14. The Kier molecular flexibility index (Phi) is 3.66. The molecule has 0 aromatic heterocycles. The second kappa shape index (κ2) is 5.04. The molecule has 2 N–H and O–H groups in total. The Labute approximate surface area is 102 Å². The van der Waals surface area contributed by atoms with Gasteiger partial charge >= 0.3 is 0 Å². The third-order valence-electron chi connectivity index (χ3n) is 3.86. The van der Waals surface area contributed by atoms with Gasteiger partial charge in [-0.3, -0.25) is 15.1 Å². The number of nitrogens with zero attached hydrogens (tertiary/aromatic N) is 1. The van der Waals surface area contributed by atoms with Crippen LogP contribution in [0.1, 0.15) is 32.6 Å². The number of amides is 1. The van der Waals surface area contributed by atoms with E-state index < -0.39 is 0 Å². The van der Waals surface area contributed by atoms with Gasteiger partial charge < -0.3 is 10.1 Å². The van der Waals surface area contributed by atoms with Crippen molar-refractivity contribution in [2.24, 2.45) is 10.9 Å². The molecule has 1 amide bonds. The fourth-order valence-corrected chi connectivity index (χ4v) is 2.94. The molecule has 1 saturated heterocycles. The zero-order chi connectivity index (χ0) is 12.3. The Morgan fingerprint density at radius 2 is 2.41 bits per heavy atom. The topological polar surface area (TPSA) is 62.7 Å². The van der Waals surface area contributed by atoms with Crippen molar-refractivity contribution in [1.82, 2.24) is 10.6 Å². The summed E-state index contributed by atoms with van der Waals surface area (Å²) < 4.78 is 4.94. The van der Waals surface area contributed by atoms with Crippen molar-refractivity contribution >= 4 is 11.9 Å². The molecule has 2 unspecified atom stereocenters. The van der Waals surface area contributed by atoms with E-state index >= 15 is 0 Å². The van der Waals surface area contributed by atoms with Gasteiger partial charge in [0.2, 0.25) is 0 Å². The number of ether oxygens (including phenoxy) is 1. The first kappa shape index (κ1) is 12.4. The summed E-state index contributed by atoms with van der Waals surface area (Å²) in [6.07, 6.45) is 4.19. The molecule has 2 fully saturated rings. The van der Waals surface area contributed by atoms with Crippen molar-refractivity contribution in [1.29, 1.82) is 0 Å². The summed E-state index contributed by atoms with van der Waals surface area (Å²) in [7, 11) is 1.65. The quantitative estimate of drug-likeness (QED) is 0.708. The largest absolute Gasteiger partial charge is 0.383 e. The molecule has 2 rings (SSSR count). The van der Waals surface area contributed by atoms with E-state index in [9.17, 15) is 4.79 Å². The third-order valence-corrected chi connectivity index (χ3v) is 3.86. The van der Waals surface area contributed by atoms with Gasteiger partial charge in [0.05, 0.1) is 13.2 Å². The van der Waals surface area contributed by atoms with Crippen LogP contribution in [0.2, 0.25) is 0 Å². The van der Waals surface area contributed by atoms with E-state index in [0.717, 1.165) is 25.7 Å². The average Bonchev–Trinajstić information content (AvgIpc) is 2.86. The zero-order valence-corrected chi connectivity index (χ0v) is 10.6.